The third-order valence-corrected chi connectivity index (χ3v) is 8.87. The summed E-state index contributed by atoms with van der Waals surface area (Å²) >= 11 is 0. The van der Waals surface area contributed by atoms with Gasteiger partial charge in [-0.25, -0.2) is 0 Å². The van der Waals surface area contributed by atoms with Gasteiger partial charge in [-0.05, 0) is 54.7 Å². The first-order chi connectivity index (χ1) is 14.0. The molecule has 1 aromatic rings. The van der Waals surface area contributed by atoms with Gasteiger partial charge in [-0.15, -0.1) is 0 Å². The minimum absolute atomic E-state index is 0.0313. The first-order valence-electron chi connectivity index (χ1n) is 12.0. The number of methoxy groups -OCH3 is 2. The van der Waals surface area contributed by atoms with Crippen LogP contribution in [0.4, 0.5) is 0 Å². The van der Waals surface area contributed by atoms with E-state index in [4.69, 9.17) is 9.47 Å². The summed E-state index contributed by atoms with van der Waals surface area (Å²) < 4.78 is 11.9. The van der Waals surface area contributed by atoms with Crippen molar-refractivity contribution in [3.05, 3.63) is 23.3 Å². The molecule has 30 heavy (non-hydrogen) atoms. The molecular formula is C27H44O3. The summed E-state index contributed by atoms with van der Waals surface area (Å²) in [5, 5.41) is 12.4. The summed E-state index contributed by atoms with van der Waals surface area (Å²) in [6, 6.07) is 4.34. The standard InChI is InChI=1S/C27H44O3/c1-9-10-11-12-14-24(2,3)20-16-21(29-7)23(22(17-20)30-8)27(28)25(4,5)19-13-15-26(27,6)18-19/h16-17,19,28H,9-15,18H2,1-8H3/t19?,26?,27-/m1/s1. The van der Waals surface area contributed by atoms with Gasteiger partial charge in [0.15, 0.2) is 0 Å². The second-order valence-corrected chi connectivity index (χ2v) is 11.4. The van der Waals surface area contributed by atoms with Crippen LogP contribution in [-0.4, -0.2) is 19.3 Å². The monoisotopic (exact) mass is 416 g/mol. The van der Waals surface area contributed by atoms with E-state index in [0.29, 0.717) is 5.92 Å². The van der Waals surface area contributed by atoms with Gasteiger partial charge in [0.05, 0.1) is 19.8 Å². The van der Waals surface area contributed by atoms with Crippen LogP contribution in [0, 0.1) is 16.7 Å². The lowest BCUT2D eigenvalue weighted by molar-refractivity contribution is -0.152. The van der Waals surface area contributed by atoms with Gasteiger partial charge in [0.1, 0.15) is 17.1 Å². The predicted molar refractivity (Wildman–Crippen MR) is 124 cm³/mol. The van der Waals surface area contributed by atoms with Crippen LogP contribution in [0.5, 0.6) is 11.5 Å². The lowest BCUT2D eigenvalue weighted by Crippen LogP contribution is -2.51. The van der Waals surface area contributed by atoms with Gasteiger partial charge in [-0.3, -0.25) is 0 Å². The summed E-state index contributed by atoms with van der Waals surface area (Å²) in [6.07, 6.45) is 9.49. The predicted octanol–water partition coefficient (Wildman–Crippen LogP) is 6.99. The van der Waals surface area contributed by atoms with Crippen LogP contribution >= 0.6 is 0 Å². The van der Waals surface area contributed by atoms with Gasteiger partial charge in [0.25, 0.3) is 0 Å². The summed E-state index contributed by atoms with van der Waals surface area (Å²) in [5.74, 6) is 2.07. The first kappa shape index (κ1) is 23.4. The number of ether oxygens (including phenoxy) is 2. The molecule has 2 fully saturated rings. The molecule has 2 aliphatic carbocycles. The Morgan fingerprint density at radius 2 is 1.63 bits per heavy atom. The molecule has 0 heterocycles. The third kappa shape index (κ3) is 3.36. The Bertz CT molecular complexity index is 734. The Hall–Kier alpha value is -1.22. The fourth-order valence-corrected chi connectivity index (χ4v) is 6.68. The van der Waals surface area contributed by atoms with E-state index < -0.39 is 5.60 Å². The van der Waals surface area contributed by atoms with Crippen molar-refractivity contribution >= 4 is 0 Å². The van der Waals surface area contributed by atoms with Crippen LogP contribution in [-0.2, 0) is 11.0 Å². The zero-order valence-corrected chi connectivity index (χ0v) is 20.7. The highest BCUT2D eigenvalue weighted by molar-refractivity contribution is 5.55. The molecule has 2 saturated carbocycles. The fourth-order valence-electron chi connectivity index (χ4n) is 6.68. The normalized spacial score (nSPS) is 30.0. The average Bonchev–Trinajstić information content (AvgIpc) is 3.18. The molecule has 2 aliphatic rings. The Morgan fingerprint density at radius 3 is 2.10 bits per heavy atom. The van der Waals surface area contributed by atoms with Crippen LogP contribution in [0.15, 0.2) is 12.1 Å². The molecule has 3 heteroatoms. The van der Waals surface area contributed by atoms with Crippen LogP contribution in [0.25, 0.3) is 0 Å². The topological polar surface area (TPSA) is 38.7 Å². The molecule has 0 amide bonds. The Labute approximate surface area is 184 Å². The SMILES string of the molecule is CCCCCCC(C)(C)c1cc(OC)c([C@]2(O)C3(C)CCC(C3)C2(C)C)c(OC)c1. The number of benzene rings is 1. The zero-order valence-electron chi connectivity index (χ0n) is 20.7. The Balaban J connectivity index is 2.07. The largest absolute Gasteiger partial charge is 0.496 e. The molecule has 3 rings (SSSR count). The number of hydrogen-bond acceptors (Lipinski definition) is 3. The summed E-state index contributed by atoms with van der Waals surface area (Å²) in [5.41, 5.74) is 0.766. The van der Waals surface area contributed by atoms with Crippen molar-refractivity contribution in [3.63, 3.8) is 0 Å². The lowest BCUT2D eigenvalue weighted by Gasteiger charge is -2.51. The number of fused-ring (bicyclic) bond motifs is 2. The molecule has 3 nitrogen and oxygen atoms in total. The molecule has 1 aromatic carbocycles. The van der Waals surface area contributed by atoms with E-state index in [1.54, 1.807) is 14.2 Å². The van der Waals surface area contributed by atoms with Gasteiger partial charge in [-0.1, -0.05) is 67.2 Å². The first-order valence-corrected chi connectivity index (χ1v) is 12.0. The van der Waals surface area contributed by atoms with Crippen LogP contribution < -0.4 is 9.47 Å². The lowest BCUT2D eigenvalue weighted by atomic mass is 9.57. The minimum atomic E-state index is -0.969. The number of unbranched alkanes of at least 4 members (excludes halogenated alkanes) is 3. The summed E-state index contributed by atoms with van der Waals surface area (Å²) in [4.78, 5) is 0. The minimum Gasteiger partial charge on any atom is -0.496 e. The molecule has 0 aromatic heterocycles. The van der Waals surface area contributed by atoms with E-state index in [1.165, 1.54) is 37.7 Å². The van der Waals surface area contributed by atoms with Gasteiger partial charge in [0, 0.05) is 10.8 Å². The maximum Gasteiger partial charge on any atom is 0.129 e. The third-order valence-electron chi connectivity index (χ3n) is 8.87. The summed E-state index contributed by atoms with van der Waals surface area (Å²) in [7, 11) is 3.45. The molecule has 0 aliphatic heterocycles. The highest BCUT2D eigenvalue weighted by Gasteiger charge is 2.70. The van der Waals surface area contributed by atoms with E-state index in [-0.39, 0.29) is 16.2 Å². The molecule has 2 unspecified atom stereocenters. The average molecular weight is 417 g/mol. The van der Waals surface area contributed by atoms with Crippen molar-refractivity contribution in [2.75, 3.05) is 14.2 Å². The van der Waals surface area contributed by atoms with Crippen molar-refractivity contribution in [2.24, 2.45) is 16.7 Å². The van der Waals surface area contributed by atoms with Gasteiger partial charge >= 0.3 is 0 Å². The van der Waals surface area contributed by atoms with Crippen molar-refractivity contribution in [3.8, 4) is 11.5 Å². The molecule has 2 bridgehead atoms. The Kier molecular flexibility index (Phi) is 6.28. The molecule has 3 atom stereocenters. The van der Waals surface area contributed by atoms with E-state index in [0.717, 1.165) is 36.3 Å². The summed E-state index contributed by atoms with van der Waals surface area (Å²) in [6.45, 7) is 13.6. The van der Waals surface area contributed by atoms with Crippen LogP contribution in [0.3, 0.4) is 0 Å². The molecule has 1 N–H and O–H groups in total. The van der Waals surface area contributed by atoms with Crippen molar-refractivity contribution in [2.45, 2.75) is 104 Å². The maximum absolute atomic E-state index is 12.4. The maximum atomic E-state index is 12.4. The molecule has 0 spiro atoms. The van der Waals surface area contributed by atoms with Crippen molar-refractivity contribution in [1.29, 1.82) is 0 Å². The zero-order chi connectivity index (χ0) is 22.4. The van der Waals surface area contributed by atoms with E-state index >= 15 is 0 Å². The number of rotatable bonds is 9. The van der Waals surface area contributed by atoms with E-state index in [1.807, 2.05) is 0 Å². The molecule has 170 valence electrons. The second kappa shape index (κ2) is 8.04. The Morgan fingerprint density at radius 1 is 1.03 bits per heavy atom. The van der Waals surface area contributed by atoms with Gasteiger partial charge < -0.3 is 14.6 Å². The van der Waals surface area contributed by atoms with E-state index in [2.05, 4.69) is 53.7 Å². The highest BCUT2D eigenvalue weighted by atomic mass is 16.5. The van der Waals surface area contributed by atoms with Crippen molar-refractivity contribution < 1.29 is 14.6 Å². The fraction of sp³-hybridized carbons (Fsp3) is 0.778. The molecule has 0 saturated heterocycles. The van der Waals surface area contributed by atoms with Gasteiger partial charge in [0.2, 0.25) is 0 Å². The quantitative estimate of drug-likeness (QED) is 0.441. The number of aliphatic hydroxyl groups is 1. The smallest absolute Gasteiger partial charge is 0.129 e. The highest BCUT2D eigenvalue weighted by Crippen LogP contribution is 2.73. The second-order valence-electron chi connectivity index (χ2n) is 11.4. The van der Waals surface area contributed by atoms with Crippen molar-refractivity contribution in [1.82, 2.24) is 0 Å². The van der Waals surface area contributed by atoms with Gasteiger partial charge in [-0.2, -0.15) is 0 Å². The van der Waals surface area contributed by atoms with Crippen LogP contribution in [0.2, 0.25) is 0 Å². The van der Waals surface area contributed by atoms with Crippen LogP contribution in [0.1, 0.15) is 104 Å². The molecule has 0 radical (unpaired) electrons. The van der Waals surface area contributed by atoms with E-state index in [9.17, 15) is 5.11 Å². The molecular weight excluding hydrogens is 372 g/mol. The number of hydrogen-bond donors (Lipinski definition) is 1.